The number of nitrogens with zero attached hydrogens (tertiary/aromatic N) is 2. The summed E-state index contributed by atoms with van der Waals surface area (Å²) in [6.45, 7) is 0.945. The van der Waals surface area contributed by atoms with Gasteiger partial charge in [-0.1, -0.05) is 18.2 Å². The molecule has 1 aromatic carbocycles. The molecular formula is C15H17N3O2. The molecule has 0 aliphatic carbocycles. The van der Waals surface area contributed by atoms with E-state index in [1.165, 1.54) is 0 Å². The zero-order chi connectivity index (χ0) is 13.9. The highest BCUT2D eigenvalue weighted by molar-refractivity contribution is 5.79. The number of para-hydroxylation sites is 1. The molecular weight excluding hydrogens is 254 g/mol. The summed E-state index contributed by atoms with van der Waals surface area (Å²) in [4.78, 5) is 12.2. The Bertz CT molecular complexity index is 621. The number of rotatable bonds is 3. The minimum atomic E-state index is -0.124. The van der Waals surface area contributed by atoms with Crippen LogP contribution >= 0.6 is 0 Å². The zero-order valence-corrected chi connectivity index (χ0v) is 11.4. The van der Waals surface area contributed by atoms with Gasteiger partial charge in [0.2, 0.25) is 5.91 Å². The van der Waals surface area contributed by atoms with Crippen LogP contribution in [0.3, 0.4) is 0 Å². The van der Waals surface area contributed by atoms with Gasteiger partial charge in [-0.25, -0.2) is 0 Å². The van der Waals surface area contributed by atoms with E-state index in [9.17, 15) is 4.79 Å². The van der Waals surface area contributed by atoms with Crippen molar-refractivity contribution in [2.24, 2.45) is 13.0 Å². The molecule has 0 radical (unpaired) electrons. The number of hydrogen-bond donors (Lipinski definition) is 1. The first kappa shape index (κ1) is 12.7. The number of aryl methyl sites for hydroxylation is 1. The number of benzene rings is 1. The van der Waals surface area contributed by atoms with E-state index < -0.39 is 0 Å². The minimum Gasteiger partial charge on any atom is -0.492 e. The fraction of sp³-hybridized carbons (Fsp3) is 0.333. The molecule has 3 rings (SSSR count). The molecule has 1 aromatic heterocycles. The lowest BCUT2D eigenvalue weighted by molar-refractivity contribution is -0.126. The van der Waals surface area contributed by atoms with Gasteiger partial charge >= 0.3 is 0 Å². The van der Waals surface area contributed by atoms with E-state index in [1.54, 1.807) is 10.9 Å². The predicted molar refractivity (Wildman–Crippen MR) is 74.2 cm³/mol. The summed E-state index contributed by atoms with van der Waals surface area (Å²) in [6, 6.07) is 7.87. The van der Waals surface area contributed by atoms with Crippen LogP contribution in [0.5, 0.6) is 5.75 Å². The highest BCUT2D eigenvalue weighted by Crippen LogP contribution is 2.26. The van der Waals surface area contributed by atoms with Crippen LogP contribution in [0.15, 0.2) is 36.7 Å². The molecule has 1 N–H and O–H groups in total. The zero-order valence-electron chi connectivity index (χ0n) is 11.4. The van der Waals surface area contributed by atoms with Crippen LogP contribution in [0, 0.1) is 5.92 Å². The first-order valence-corrected chi connectivity index (χ1v) is 6.68. The summed E-state index contributed by atoms with van der Waals surface area (Å²) in [5.74, 6) is 0.800. The quantitative estimate of drug-likeness (QED) is 0.915. The Labute approximate surface area is 117 Å². The SMILES string of the molecule is Cn1cc(CNC(=O)[C@@H]2COc3ccccc3C2)cn1. The predicted octanol–water partition coefficient (Wildman–Crippen LogP) is 1.29. The van der Waals surface area contributed by atoms with Gasteiger partial charge in [-0.15, -0.1) is 0 Å². The Balaban J connectivity index is 1.59. The standard InChI is InChI=1S/C15H17N3O2/c1-18-9-11(8-17-18)7-16-15(19)13-6-12-4-2-3-5-14(12)20-10-13/h2-5,8-9,13H,6-7,10H2,1H3,(H,16,19)/t13-/m0/s1. The molecule has 5 nitrogen and oxygen atoms in total. The first-order chi connectivity index (χ1) is 9.72. The van der Waals surface area contributed by atoms with Crippen molar-refractivity contribution in [3.8, 4) is 5.75 Å². The van der Waals surface area contributed by atoms with Crippen LogP contribution in [-0.2, 0) is 24.8 Å². The average Bonchev–Trinajstić information content (AvgIpc) is 2.90. The lowest BCUT2D eigenvalue weighted by Crippen LogP contribution is -2.36. The van der Waals surface area contributed by atoms with Gasteiger partial charge in [0.25, 0.3) is 0 Å². The number of amides is 1. The molecule has 5 heteroatoms. The van der Waals surface area contributed by atoms with Crippen molar-refractivity contribution in [1.29, 1.82) is 0 Å². The minimum absolute atomic E-state index is 0.0309. The third-order valence-electron chi connectivity index (χ3n) is 3.47. The second kappa shape index (κ2) is 5.36. The van der Waals surface area contributed by atoms with E-state index in [0.717, 1.165) is 23.3 Å². The fourth-order valence-corrected chi connectivity index (χ4v) is 2.39. The van der Waals surface area contributed by atoms with Crippen molar-refractivity contribution in [3.05, 3.63) is 47.8 Å². The van der Waals surface area contributed by atoms with Crippen molar-refractivity contribution < 1.29 is 9.53 Å². The van der Waals surface area contributed by atoms with Crippen molar-refractivity contribution in [2.75, 3.05) is 6.61 Å². The van der Waals surface area contributed by atoms with Gasteiger partial charge in [0, 0.05) is 25.4 Å². The number of carbonyl (C=O) groups excluding carboxylic acids is 1. The summed E-state index contributed by atoms with van der Waals surface area (Å²) < 4.78 is 7.36. The Kier molecular flexibility index (Phi) is 3.41. The maximum absolute atomic E-state index is 12.2. The summed E-state index contributed by atoms with van der Waals surface area (Å²) in [5.41, 5.74) is 2.10. The molecule has 2 aromatic rings. The Morgan fingerprint density at radius 2 is 2.35 bits per heavy atom. The Morgan fingerprint density at radius 3 is 3.15 bits per heavy atom. The molecule has 1 aliphatic rings. The molecule has 0 saturated heterocycles. The molecule has 1 atom stereocenters. The number of nitrogens with one attached hydrogen (secondary N) is 1. The summed E-state index contributed by atoms with van der Waals surface area (Å²) in [6.07, 6.45) is 4.38. The molecule has 0 spiro atoms. The summed E-state index contributed by atoms with van der Waals surface area (Å²) >= 11 is 0. The molecule has 0 saturated carbocycles. The third-order valence-corrected chi connectivity index (χ3v) is 3.47. The van der Waals surface area contributed by atoms with Gasteiger partial charge in [-0.3, -0.25) is 9.48 Å². The lowest BCUT2D eigenvalue weighted by atomic mass is 9.96. The smallest absolute Gasteiger partial charge is 0.227 e. The monoisotopic (exact) mass is 271 g/mol. The van der Waals surface area contributed by atoms with Gasteiger partial charge in [0.05, 0.1) is 12.1 Å². The van der Waals surface area contributed by atoms with E-state index in [0.29, 0.717) is 13.2 Å². The highest BCUT2D eigenvalue weighted by atomic mass is 16.5. The van der Waals surface area contributed by atoms with Crippen LogP contribution < -0.4 is 10.1 Å². The molecule has 1 aliphatic heterocycles. The maximum atomic E-state index is 12.2. The number of fused-ring (bicyclic) bond motifs is 1. The highest BCUT2D eigenvalue weighted by Gasteiger charge is 2.25. The van der Waals surface area contributed by atoms with Crippen molar-refractivity contribution in [2.45, 2.75) is 13.0 Å². The van der Waals surface area contributed by atoms with E-state index in [1.807, 2.05) is 37.5 Å². The first-order valence-electron chi connectivity index (χ1n) is 6.68. The Morgan fingerprint density at radius 1 is 1.50 bits per heavy atom. The molecule has 0 bridgehead atoms. The topological polar surface area (TPSA) is 56.2 Å². The van der Waals surface area contributed by atoms with Crippen molar-refractivity contribution >= 4 is 5.91 Å². The molecule has 2 heterocycles. The van der Waals surface area contributed by atoms with Gasteiger partial charge in [-0.05, 0) is 18.1 Å². The van der Waals surface area contributed by atoms with Crippen molar-refractivity contribution in [3.63, 3.8) is 0 Å². The van der Waals surface area contributed by atoms with E-state index in [-0.39, 0.29) is 11.8 Å². The maximum Gasteiger partial charge on any atom is 0.227 e. The molecule has 1 amide bonds. The second-order valence-electron chi connectivity index (χ2n) is 5.06. The average molecular weight is 271 g/mol. The largest absolute Gasteiger partial charge is 0.492 e. The van der Waals surface area contributed by atoms with Gasteiger partial charge < -0.3 is 10.1 Å². The van der Waals surface area contributed by atoms with Crippen LogP contribution in [0.25, 0.3) is 0 Å². The summed E-state index contributed by atoms with van der Waals surface area (Å²) in [5, 5.41) is 7.02. The molecule has 0 unspecified atom stereocenters. The second-order valence-corrected chi connectivity index (χ2v) is 5.06. The Hall–Kier alpha value is -2.30. The molecule has 20 heavy (non-hydrogen) atoms. The fourth-order valence-electron chi connectivity index (χ4n) is 2.39. The lowest BCUT2D eigenvalue weighted by Gasteiger charge is -2.24. The van der Waals surface area contributed by atoms with Gasteiger partial charge in [-0.2, -0.15) is 5.10 Å². The third kappa shape index (κ3) is 2.66. The number of aromatic nitrogens is 2. The number of carbonyl (C=O) groups is 1. The number of ether oxygens (including phenoxy) is 1. The van der Waals surface area contributed by atoms with Crippen LogP contribution in [0.4, 0.5) is 0 Å². The van der Waals surface area contributed by atoms with Gasteiger partial charge in [0.15, 0.2) is 0 Å². The van der Waals surface area contributed by atoms with Crippen LogP contribution in [0.2, 0.25) is 0 Å². The molecule has 104 valence electrons. The molecule has 0 fully saturated rings. The summed E-state index contributed by atoms with van der Waals surface area (Å²) in [7, 11) is 1.86. The van der Waals surface area contributed by atoms with E-state index >= 15 is 0 Å². The van der Waals surface area contributed by atoms with E-state index in [2.05, 4.69) is 10.4 Å². The van der Waals surface area contributed by atoms with E-state index in [4.69, 9.17) is 4.74 Å². The number of hydrogen-bond acceptors (Lipinski definition) is 3. The van der Waals surface area contributed by atoms with Crippen LogP contribution in [-0.4, -0.2) is 22.3 Å². The van der Waals surface area contributed by atoms with Gasteiger partial charge in [0.1, 0.15) is 12.4 Å². The van der Waals surface area contributed by atoms with Crippen molar-refractivity contribution in [1.82, 2.24) is 15.1 Å². The normalized spacial score (nSPS) is 17.1. The van der Waals surface area contributed by atoms with Crippen LogP contribution in [0.1, 0.15) is 11.1 Å².